The summed E-state index contributed by atoms with van der Waals surface area (Å²) in [5, 5.41) is 2.76. The van der Waals surface area contributed by atoms with Gasteiger partial charge in [0.05, 0.1) is 5.02 Å². The molecule has 0 aliphatic carbocycles. The highest BCUT2D eigenvalue weighted by Gasteiger charge is 2.36. The summed E-state index contributed by atoms with van der Waals surface area (Å²) >= 11 is 9.20. The standard InChI is InChI=1S/C11H12BrClN2O3S/c1-7-11(16)14-4-5-15(7)19(17,18)10-3-2-8(12)6-9(10)13/h2-3,6-7H,4-5H2,1H3,(H,14,16). The molecule has 1 aromatic rings. The number of hydrogen-bond donors (Lipinski definition) is 1. The zero-order valence-electron chi connectivity index (χ0n) is 10.1. The molecule has 0 aromatic heterocycles. The van der Waals surface area contributed by atoms with Gasteiger partial charge in [0.15, 0.2) is 0 Å². The summed E-state index contributed by atoms with van der Waals surface area (Å²) in [6.45, 7) is 2.09. The first kappa shape index (κ1) is 14.8. The predicted molar refractivity (Wildman–Crippen MR) is 75.5 cm³/mol. The van der Waals surface area contributed by atoms with Crippen LogP contribution in [0.1, 0.15) is 6.92 Å². The molecule has 1 amide bonds. The van der Waals surface area contributed by atoms with E-state index in [1.807, 2.05) is 0 Å². The topological polar surface area (TPSA) is 66.5 Å². The Morgan fingerprint density at radius 2 is 2.16 bits per heavy atom. The number of hydrogen-bond acceptors (Lipinski definition) is 3. The van der Waals surface area contributed by atoms with Gasteiger partial charge in [0, 0.05) is 17.6 Å². The van der Waals surface area contributed by atoms with Crippen LogP contribution in [0, 0.1) is 0 Å². The van der Waals surface area contributed by atoms with Gasteiger partial charge in [-0.3, -0.25) is 4.79 Å². The number of piperazine rings is 1. The molecule has 1 unspecified atom stereocenters. The molecule has 1 aliphatic heterocycles. The number of benzene rings is 1. The van der Waals surface area contributed by atoms with Gasteiger partial charge in [-0.1, -0.05) is 27.5 Å². The first-order chi connectivity index (χ1) is 8.84. The Morgan fingerprint density at radius 3 is 2.79 bits per heavy atom. The molecule has 0 radical (unpaired) electrons. The molecule has 2 rings (SSSR count). The van der Waals surface area contributed by atoms with Crippen molar-refractivity contribution in [2.24, 2.45) is 0 Å². The van der Waals surface area contributed by atoms with Crippen LogP contribution >= 0.6 is 27.5 Å². The number of carbonyl (C=O) groups excluding carboxylic acids is 1. The van der Waals surface area contributed by atoms with Crippen molar-refractivity contribution >= 4 is 43.5 Å². The summed E-state index contributed by atoms with van der Waals surface area (Å²) < 4.78 is 26.9. The number of rotatable bonds is 2. The molecule has 5 nitrogen and oxygen atoms in total. The largest absolute Gasteiger partial charge is 0.353 e. The summed E-state index contributed by atoms with van der Waals surface area (Å²) in [7, 11) is -3.77. The van der Waals surface area contributed by atoms with E-state index in [-0.39, 0.29) is 22.4 Å². The fraction of sp³-hybridized carbons (Fsp3) is 0.364. The quantitative estimate of drug-likeness (QED) is 0.863. The molecule has 104 valence electrons. The summed E-state index contributed by atoms with van der Waals surface area (Å²) in [6.07, 6.45) is 0. The molecule has 1 aromatic carbocycles. The van der Waals surface area contributed by atoms with Gasteiger partial charge in [0.25, 0.3) is 0 Å². The van der Waals surface area contributed by atoms with Gasteiger partial charge in [0.1, 0.15) is 10.9 Å². The molecule has 1 heterocycles. The van der Waals surface area contributed by atoms with E-state index < -0.39 is 16.1 Å². The molecule has 19 heavy (non-hydrogen) atoms. The van der Waals surface area contributed by atoms with Crippen molar-refractivity contribution in [1.29, 1.82) is 0 Å². The van der Waals surface area contributed by atoms with Crippen LogP contribution in [0.2, 0.25) is 5.02 Å². The van der Waals surface area contributed by atoms with Crippen molar-refractivity contribution in [3.8, 4) is 0 Å². The summed E-state index contributed by atoms with van der Waals surface area (Å²) in [6, 6.07) is 3.82. The van der Waals surface area contributed by atoms with Crippen molar-refractivity contribution < 1.29 is 13.2 Å². The van der Waals surface area contributed by atoms with Gasteiger partial charge in [-0.15, -0.1) is 0 Å². The average Bonchev–Trinajstić information content (AvgIpc) is 2.31. The summed E-state index contributed by atoms with van der Waals surface area (Å²) in [5.41, 5.74) is 0. The molecule has 1 N–H and O–H groups in total. The Hall–Kier alpha value is -0.630. The van der Waals surface area contributed by atoms with Gasteiger partial charge in [-0.05, 0) is 25.1 Å². The van der Waals surface area contributed by atoms with Gasteiger partial charge >= 0.3 is 0 Å². The Balaban J connectivity index is 2.44. The van der Waals surface area contributed by atoms with Crippen LogP contribution in [0.15, 0.2) is 27.6 Å². The van der Waals surface area contributed by atoms with E-state index in [0.717, 1.165) is 0 Å². The Morgan fingerprint density at radius 1 is 1.47 bits per heavy atom. The third-order valence-electron chi connectivity index (χ3n) is 2.92. The highest BCUT2D eigenvalue weighted by Crippen LogP contribution is 2.29. The summed E-state index contributed by atoms with van der Waals surface area (Å²) in [4.78, 5) is 11.6. The van der Waals surface area contributed by atoms with E-state index >= 15 is 0 Å². The number of nitrogens with zero attached hydrogens (tertiary/aromatic N) is 1. The minimum Gasteiger partial charge on any atom is -0.353 e. The van der Waals surface area contributed by atoms with Crippen LogP contribution in [0.3, 0.4) is 0 Å². The van der Waals surface area contributed by atoms with E-state index in [4.69, 9.17) is 11.6 Å². The molecule has 8 heteroatoms. The van der Waals surface area contributed by atoms with Gasteiger partial charge in [0.2, 0.25) is 15.9 Å². The van der Waals surface area contributed by atoms with Crippen LogP contribution in [-0.2, 0) is 14.8 Å². The Labute approximate surface area is 125 Å². The monoisotopic (exact) mass is 366 g/mol. The fourth-order valence-corrected chi connectivity index (χ4v) is 4.51. The predicted octanol–water partition coefficient (Wildman–Crippen LogP) is 1.61. The van der Waals surface area contributed by atoms with Crippen molar-refractivity contribution in [1.82, 2.24) is 9.62 Å². The van der Waals surface area contributed by atoms with Gasteiger partial charge in [-0.25, -0.2) is 8.42 Å². The van der Waals surface area contributed by atoms with Gasteiger partial charge < -0.3 is 5.32 Å². The van der Waals surface area contributed by atoms with E-state index in [0.29, 0.717) is 11.0 Å². The lowest BCUT2D eigenvalue weighted by atomic mass is 10.2. The fourth-order valence-electron chi connectivity index (χ4n) is 1.90. The van der Waals surface area contributed by atoms with E-state index in [9.17, 15) is 13.2 Å². The molecular weight excluding hydrogens is 356 g/mol. The van der Waals surface area contributed by atoms with Crippen LogP contribution in [0.4, 0.5) is 0 Å². The molecule has 1 aliphatic rings. The van der Waals surface area contributed by atoms with Crippen molar-refractivity contribution in [2.75, 3.05) is 13.1 Å². The van der Waals surface area contributed by atoms with E-state index in [1.54, 1.807) is 13.0 Å². The van der Waals surface area contributed by atoms with Crippen LogP contribution in [0.25, 0.3) is 0 Å². The van der Waals surface area contributed by atoms with Crippen LogP contribution < -0.4 is 5.32 Å². The molecule has 1 saturated heterocycles. The molecule has 1 fully saturated rings. The number of sulfonamides is 1. The zero-order valence-corrected chi connectivity index (χ0v) is 13.2. The SMILES string of the molecule is CC1C(=O)NCCN1S(=O)(=O)c1ccc(Br)cc1Cl. The molecule has 0 bridgehead atoms. The van der Waals surface area contributed by atoms with Gasteiger partial charge in [-0.2, -0.15) is 4.31 Å². The van der Waals surface area contributed by atoms with Crippen LogP contribution in [-0.4, -0.2) is 37.8 Å². The second-order valence-electron chi connectivity index (χ2n) is 4.16. The second kappa shape index (κ2) is 5.40. The first-order valence-electron chi connectivity index (χ1n) is 5.58. The Bertz CT molecular complexity index is 620. The van der Waals surface area contributed by atoms with Crippen molar-refractivity contribution in [2.45, 2.75) is 17.9 Å². The molecular formula is C11H12BrClN2O3S. The highest BCUT2D eigenvalue weighted by atomic mass is 79.9. The lowest BCUT2D eigenvalue weighted by Crippen LogP contribution is -2.55. The third kappa shape index (κ3) is 2.79. The maximum Gasteiger partial charge on any atom is 0.245 e. The number of nitrogens with one attached hydrogen (secondary N) is 1. The number of amides is 1. The first-order valence-corrected chi connectivity index (χ1v) is 8.20. The smallest absolute Gasteiger partial charge is 0.245 e. The lowest BCUT2D eigenvalue weighted by molar-refractivity contribution is -0.126. The van der Waals surface area contributed by atoms with Crippen molar-refractivity contribution in [3.63, 3.8) is 0 Å². The van der Waals surface area contributed by atoms with Crippen molar-refractivity contribution in [3.05, 3.63) is 27.7 Å². The lowest BCUT2D eigenvalue weighted by Gasteiger charge is -2.31. The zero-order chi connectivity index (χ0) is 14.2. The van der Waals surface area contributed by atoms with Crippen LogP contribution in [0.5, 0.6) is 0 Å². The molecule has 0 saturated carbocycles. The Kier molecular flexibility index (Phi) is 4.20. The minimum atomic E-state index is -3.77. The maximum absolute atomic E-state index is 12.5. The minimum absolute atomic E-state index is 0.0129. The number of halogens is 2. The highest BCUT2D eigenvalue weighted by molar-refractivity contribution is 9.10. The maximum atomic E-state index is 12.5. The summed E-state index contributed by atoms with van der Waals surface area (Å²) in [5.74, 6) is -0.303. The molecule has 1 atom stereocenters. The normalized spacial score (nSPS) is 21.2. The van der Waals surface area contributed by atoms with E-state index in [1.165, 1.54) is 16.4 Å². The molecule has 0 spiro atoms. The third-order valence-corrected chi connectivity index (χ3v) is 5.87. The average molecular weight is 368 g/mol. The second-order valence-corrected chi connectivity index (χ2v) is 7.34. The van der Waals surface area contributed by atoms with E-state index in [2.05, 4.69) is 21.2 Å². The number of carbonyl (C=O) groups is 1.